The Morgan fingerprint density at radius 2 is 1.81 bits per heavy atom. The lowest BCUT2D eigenvalue weighted by Gasteiger charge is -2.19. The number of esters is 1. The zero-order chi connectivity index (χ0) is 14.9. The first-order valence-corrected chi connectivity index (χ1v) is 7.90. The van der Waals surface area contributed by atoms with Crippen LogP contribution in [-0.2, 0) is 11.3 Å². The Bertz CT molecular complexity index is 423. The first kappa shape index (κ1) is 16.0. The average molecular weight is 290 g/mol. The van der Waals surface area contributed by atoms with Crippen molar-refractivity contribution in [3.63, 3.8) is 0 Å². The third kappa shape index (κ3) is 5.48. The lowest BCUT2D eigenvalue weighted by molar-refractivity contribution is 0.0600. The Morgan fingerprint density at radius 3 is 2.43 bits per heavy atom. The molecule has 1 saturated heterocycles. The molecule has 1 aromatic carbocycles. The molecule has 1 fully saturated rings. The third-order valence-electron chi connectivity index (χ3n) is 4.01. The van der Waals surface area contributed by atoms with Gasteiger partial charge in [-0.25, -0.2) is 4.79 Å². The summed E-state index contributed by atoms with van der Waals surface area (Å²) in [5.41, 5.74) is 1.80. The van der Waals surface area contributed by atoms with Crippen LogP contribution < -0.4 is 5.32 Å². The largest absolute Gasteiger partial charge is 0.465 e. The van der Waals surface area contributed by atoms with Gasteiger partial charge in [0.1, 0.15) is 0 Å². The van der Waals surface area contributed by atoms with Crippen molar-refractivity contribution in [2.45, 2.75) is 32.2 Å². The van der Waals surface area contributed by atoms with Crippen LogP contribution in [0.5, 0.6) is 0 Å². The second-order valence-electron chi connectivity index (χ2n) is 5.62. The molecule has 4 nitrogen and oxygen atoms in total. The number of hydrogen-bond acceptors (Lipinski definition) is 4. The molecule has 21 heavy (non-hydrogen) atoms. The normalized spacial score (nSPS) is 16.4. The van der Waals surface area contributed by atoms with E-state index in [1.54, 1.807) is 0 Å². The number of likely N-dealkylation sites (tertiary alicyclic amines) is 1. The fraction of sp³-hybridized carbons (Fsp3) is 0.588. The summed E-state index contributed by atoms with van der Waals surface area (Å²) in [6, 6.07) is 7.59. The molecule has 1 N–H and O–H groups in total. The van der Waals surface area contributed by atoms with Crippen molar-refractivity contribution in [3.8, 4) is 0 Å². The van der Waals surface area contributed by atoms with Crippen LogP contribution in [0.1, 0.15) is 41.6 Å². The highest BCUT2D eigenvalue weighted by molar-refractivity contribution is 5.89. The van der Waals surface area contributed by atoms with Crippen LogP contribution in [0.4, 0.5) is 0 Å². The molecule has 0 saturated carbocycles. The van der Waals surface area contributed by atoms with Crippen molar-refractivity contribution in [2.24, 2.45) is 0 Å². The van der Waals surface area contributed by atoms with Gasteiger partial charge in [-0.2, -0.15) is 0 Å². The van der Waals surface area contributed by atoms with E-state index in [9.17, 15) is 4.79 Å². The zero-order valence-electron chi connectivity index (χ0n) is 12.9. The summed E-state index contributed by atoms with van der Waals surface area (Å²) in [4.78, 5) is 13.9. The van der Waals surface area contributed by atoms with Gasteiger partial charge in [0.05, 0.1) is 12.7 Å². The minimum absolute atomic E-state index is 0.282. The van der Waals surface area contributed by atoms with Crippen molar-refractivity contribution in [1.82, 2.24) is 10.2 Å². The first-order valence-electron chi connectivity index (χ1n) is 7.90. The fourth-order valence-electron chi connectivity index (χ4n) is 2.71. The van der Waals surface area contributed by atoms with E-state index in [-0.39, 0.29) is 5.97 Å². The Hall–Kier alpha value is -1.39. The number of nitrogens with zero attached hydrogens (tertiary/aromatic N) is 1. The number of ether oxygens (including phenoxy) is 1. The van der Waals surface area contributed by atoms with Crippen LogP contribution >= 0.6 is 0 Å². The summed E-state index contributed by atoms with van der Waals surface area (Å²) >= 11 is 0. The predicted molar refractivity (Wildman–Crippen MR) is 84.4 cm³/mol. The van der Waals surface area contributed by atoms with Crippen LogP contribution in [0.2, 0.25) is 0 Å². The molecule has 0 bridgehead atoms. The summed E-state index contributed by atoms with van der Waals surface area (Å²) in [7, 11) is 1.40. The maximum Gasteiger partial charge on any atom is 0.337 e. The number of benzene rings is 1. The minimum atomic E-state index is -0.282. The standard InChI is InChI=1S/C17H26N2O2/c1-21-17(20)16-8-6-15(7-9-16)14-18-10-13-19-11-4-2-3-5-12-19/h6-9,18H,2-5,10-14H2,1H3. The van der Waals surface area contributed by atoms with E-state index in [0.29, 0.717) is 5.56 Å². The number of rotatable bonds is 6. The van der Waals surface area contributed by atoms with Crippen LogP contribution in [0, 0.1) is 0 Å². The van der Waals surface area contributed by atoms with Crippen LogP contribution in [0.3, 0.4) is 0 Å². The molecule has 1 heterocycles. The highest BCUT2D eigenvalue weighted by atomic mass is 16.5. The molecule has 116 valence electrons. The van der Waals surface area contributed by atoms with Gasteiger partial charge in [-0.05, 0) is 43.6 Å². The quantitative estimate of drug-likeness (QED) is 0.645. The number of carbonyl (C=O) groups excluding carboxylic acids is 1. The summed E-state index contributed by atoms with van der Waals surface area (Å²) in [5.74, 6) is -0.282. The lowest BCUT2D eigenvalue weighted by Crippen LogP contribution is -2.32. The number of nitrogens with one attached hydrogen (secondary N) is 1. The fourth-order valence-corrected chi connectivity index (χ4v) is 2.71. The molecule has 0 atom stereocenters. The first-order chi connectivity index (χ1) is 10.3. The summed E-state index contributed by atoms with van der Waals surface area (Å²) in [6.07, 6.45) is 5.46. The van der Waals surface area contributed by atoms with Crippen molar-refractivity contribution in [3.05, 3.63) is 35.4 Å². The Kier molecular flexibility index (Phi) is 6.70. The van der Waals surface area contributed by atoms with Crippen molar-refractivity contribution < 1.29 is 9.53 Å². The van der Waals surface area contributed by atoms with Gasteiger partial charge in [0.25, 0.3) is 0 Å². The molecule has 0 radical (unpaired) electrons. The Labute approximate surface area is 127 Å². The molecule has 4 heteroatoms. The van der Waals surface area contributed by atoms with E-state index in [4.69, 9.17) is 4.74 Å². The highest BCUT2D eigenvalue weighted by Crippen LogP contribution is 2.09. The second-order valence-corrected chi connectivity index (χ2v) is 5.62. The van der Waals surface area contributed by atoms with E-state index in [1.807, 2.05) is 24.3 Å². The van der Waals surface area contributed by atoms with E-state index in [2.05, 4.69) is 10.2 Å². The third-order valence-corrected chi connectivity index (χ3v) is 4.01. The molecule has 0 aromatic heterocycles. The molecule has 1 aliphatic rings. The smallest absolute Gasteiger partial charge is 0.337 e. The summed E-state index contributed by atoms with van der Waals surface area (Å²) in [5, 5.41) is 3.47. The van der Waals surface area contributed by atoms with Gasteiger partial charge in [-0.1, -0.05) is 25.0 Å². The minimum Gasteiger partial charge on any atom is -0.465 e. The van der Waals surface area contributed by atoms with Crippen LogP contribution in [-0.4, -0.2) is 44.2 Å². The van der Waals surface area contributed by atoms with E-state index < -0.39 is 0 Å². The number of methoxy groups -OCH3 is 1. The maximum absolute atomic E-state index is 11.3. The van der Waals surface area contributed by atoms with Crippen LogP contribution in [0.25, 0.3) is 0 Å². The van der Waals surface area contributed by atoms with Gasteiger partial charge in [0.15, 0.2) is 0 Å². The van der Waals surface area contributed by atoms with Crippen molar-refractivity contribution >= 4 is 5.97 Å². The van der Waals surface area contributed by atoms with Crippen molar-refractivity contribution in [1.29, 1.82) is 0 Å². The lowest BCUT2D eigenvalue weighted by atomic mass is 10.1. The van der Waals surface area contributed by atoms with E-state index in [0.717, 1.165) is 19.6 Å². The van der Waals surface area contributed by atoms with Gasteiger partial charge in [-0.15, -0.1) is 0 Å². The summed E-state index contributed by atoms with van der Waals surface area (Å²) < 4.78 is 4.69. The maximum atomic E-state index is 11.3. The van der Waals surface area contributed by atoms with Crippen molar-refractivity contribution in [2.75, 3.05) is 33.3 Å². The average Bonchev–Trinajstić information content (AvgIpc) is 2.80. The number of carbonyl (C=O) groups is 1. The molecule has 0 unspecified atom stereocenters. The SMILES string of the molecule is COC(=O)c1ccc(CNCCN2CCCCCC2)cc1. The Morgan fingerprint density at radius 1 is 1.14 bits per heavy atom. The molecule has 2 rings (SSSR count). The van der Waals surface area contributed by atoms with E-state index in [1.165, 1.54) is 51.4 Å². The molecule has 0 aliphatic carbocycles. The molecular weight excluding hydrogens is 264 g/mol. The highest BCUT2D eigenvalue weighted by Gasteiger charge is 2.08. The monoisotopic (exact) mass is 290 g/mol. The molecule has 0 spiro atoms. The molecule has 1 aromatic rings. The van der Waals surface area contributed by atoms with Gasteiger partial charge >= 0.3 is 5.97 Å². The van der Waals surface area contributed by atoms with Gasteiger partial charge in [0, 0.05) is 19.6 Å². The van der Waals surface area contributed by atoms with Gasteiger partial charge < -0.3 is 15.0 Å². The number of hydrogen-bond donors (Lipinski definition) is 1. The predicted octanol–water partition coefficient (Wildman–Crippen LogP) is 2.44. The topological polar surface area (TPSA) is 41.6 Å². The molecule has 1 aliphatic heterocycles. The molecular formula is C17H26N2O2. The summed E-state index contributed by atoms with van der Waals surface area (Å²) in [6.45, 7) is 5.47. The van der Waals surface area contributed by atoms with Gasteiger partial charge in [0.2, 0.25) is 0 Å². The van der Waals surface area contributed by atoms with Crippen LogP contribution in [0.15, 0.2) is 24.3 Å². The van der Waals surface area contributed by atoms with Gasteiger partial charge in [-0.3, -0.25) is 0 Å². The Balaban J connectivity index is 1.67. The second kappa shape index (κ2) is 8.80. The zero-order valence-corrected chi connectivity index (χ0v) is 12.9. The van der Waals surface area contributed by atoms with E-state index >= 15 is 0 Å². The molecule has 0 amide bonds.